The van der Waals surface area contributed by atoms with E-state index in [9.17, 15) is 0 Å². The Bertz CT molecular complexity index is 438. The van der Waals surface area contributed by atoms with Crippen molar-refractivity contribution in [3.63, 3.8) is 0 Å². The van der Waals surface area contributed by atoms with Gasteiger partial charge in [0.1, 0.15) is 16.0 Å². The van der Waals surface area contributed by atoms with Gasteiger partial charge >= 0.3 is 0 Å². The molecule has 0 saturated carbocycles. The van der Waals surface area contributed by atoms with Crippen LogP contribution in [0.1, 0.15) is 11.6 Å². The summed E-state index contributed by atoms with van der Waals surface area (Å²) in [5.41, 5.74) is 7.26. The fourth-order valence-electron chi connectivity index (χ4n) is 2.09. The Kier molecular flexibility index (Phi) is 5.38. The van der Waals surface area contributed by atoms with Gasteiger partial charge in [-0.05, 0) is 28.1 Å². The molecule has 2 atom stereocenters. The summed E-state index contributed by atoms with van der Waals surface area (Å²) in [4.78, 5) is 0. The number of rotatable bonds is 4. The van der Waals surface area contributed by atoms with Gasteiger partial charge in [-0.3, -0.25) is 0 Å². The Morgan fingerprint density at radius 3 is 2.79 bits per heavy atom. The normalized spacial score (nSPS) is 20.9. The summed E-state index contributed by atoms with van der Waals surface area (Å²) in [6.45, 7) is 0.753. The number of hydrogen-bond donors (Lipinski definition) is 1. The summed E-state index contributed by atoms with van der Waals surface area (Å²) in [6.07, 6.45) is 0.0212. The molecule has 1 aliphatic rings. The predicted octanol–water partition coefficient (Wildman–Crippen LogP) is 2.60. The van der Waals surface area contributed by atoms with Crippen molar-refractivity contribution in [3.05, 3.63) is 22.2 Å². The van der Waals surface area contributed by atoms with E-state index in [1.807, 2.05) is 23.9 Å². The van der Waals surface area contributed by atoms with Gasteiger partial charge in [-0.25, -0.2) is 0 Å². The first-order chi connectivity index (χ1) is 9.19. The van der Waals surface area contributed by atoms with Crippen molar-refractivity contribution in [1.29, 1.82) is 0 Å². The second kappa shape index (κ2) is 6.83. The first-order valence-electron chi connectivity index (χ1n) is 6.04. The fourth-order valence-corrected chi connectivity index (χ4v) is 3.70. The number of nitrogens with two attached hydrogens (primary N) is 1. The molecule has 1 fully saturated rings. The average molecular weight is 348 g/mol. The minimum Gasteiger partial charge on any atom is -0.495 e. The van der Waals surface area contributed by atoms with Crippen LogP contribution in [0.25, 0.3) is 0 Å². The van der Waals surface area contributed by atoms with Gasteiger partial charge in [-0.1, -0.05) is 0 Å². The van der Waals surface area contributed by atoms with E-state index in [4.69, 9.17) is 19.9 Å². The second-order valence-corrected chi connectivity index (χ2v) is 6.16. The molecule has 1 aliphatic heterocycles. The molecule has 19 heavy (non-hydrogen) atoms. The summed E-state index contributed by atoms with van der Waals surface area (Å²) >= 11 is 5.36. The second-order valence-electron chi connectivity index (χ2n) is 4.21. The van der Waals surface area contributed by atoms with Crippen LogP contribution in [0.2, 0.25) is 0 Å². The van der Waals surface area contributed by atoms with Gasteiger partial charge in [0.25, 0.3) is 0 Å². The van der Waals surface area contributed by atoms with Crippen molar-refractivity contribution in [3.8, 4) is 11.5 Å². The quantitative estimate of drug-likeness (QED) is 0.907. The average Bonchev–Trinajstić information content (AvgIpc) is 2.47. The van der Waals surface area contributed by atoms with Gasteiger partial charge in [-0.2, -0.15) is 11.8 Å². The van der Waals surface area contributed by atoms with Crippen molar-refractivity contribution in [2.75, 3.05) is 32.3 Å². The number of ether oxygens (including phenoxy) is 3. The van der Waals surface area contributed by atoms with Crippen molar-refractivity contribution >= 4 is 27.7 Å². The van der Waals surface area contributed by atoms with E-state index in [2.05, 4.69) is 15.9 Å². The van der Waals surface area contributed by atoms with Gasteiger partial charge in [-0.15, -0.1) is 0 Å². The first-order valence-corrected chi connectivity index (χ1v) is 7.99. The Hall–Kier alpha value is -0.430. The number of thioether (sulfide) groups is 1. The van der Waals surface area contributed by atoms with E-state index in [0.29, 0.717) is 5.75 Å². The lowest BCUT2D eigenvalue weighted by molar-refractivity contribution is 0.0563. The van der Waals surface area contributed by atoms with Crippen molar-refractivity contribution < 1.29 is 14.2 Å². The Morgan fingerprint density at radius 2 is 2.21 bits per heavy atom. The van der Waals surface area contributed by atoms with Crippen LogP contribution >= 0.6 is 27.7 Å². The molecular weight excluding hydrogens is 330 g/mol. The van der Waals surface area contributed by atoms with Crippen LogP contribution in [0.5, 0.6) is 11.5 Å². The maximum absolute atomic E-state index is 6.33. The molecule has 0 amide bonds. The molecule has 0 spiro atoms. The highest BCUT2D eigenvalue weighted by atomic mass is 79.9. The van der Waals surface area contributed by atoms with Crippen molar-refractivity contribution in [2.45, 2.75) is 12.1 Å². The molecule has 106 valence electrons. The smallest absolute Gasteiger partial charge is 0.141 e. The van der Waals surface area contributed by atoms with Crippen molar-refractivity contribution in [2.24, 2.45) is 5.73 Å². The molecule has 1 saturated heterocycles. The number of hydrogen-bond acceptors (Lipinski definition) is 5. The number of halogens is 1. The minimum absolute atomic E-state index is 0.0212. The van der Waals surface area contributed by atoms with E-state index in [-0.39, 0.29) is 12.1 Å². The molecule has 0 aromatic heterocycles. The number of methoxy groups -OCH3 is 2. The number of benzene rings is 1. The van der Waals surface area contributed by atoms with E-state index < -0.39 is 0 Å². The zero-order valence-corrected chi connectivity index (χ0v) is 13.4. The Labute approximate surface area is 126 Å². The zero-order chi connectivity index (χ0) is 13.8. The van der Waals surface area contributed by atoms with E-state index in [1.165, 1.54) is 0 Å². The summed E-state index contributed by atoms with van der Waals surface area (Å²) in [5, 5.41) is 0. The maximum Gasteiger partial charge on any atom is 0.141 e. The summed E-state index contributed by atoms with van der Waals surface area (Å²) in [6, 6.07) is 3.62. The van der Waals surface area contributed by atoms with Gasteiger partial charge in [0, 0.05) is 17.1 Å². The van der Waals surface area contributed by atoms with E-state index >= 15 is 0 Å². The molecule has 2 rings (SSSR count). The summed E-state index contributed by atoms with van der Waals surface area (Å²) in [7, 11) is 3.26. The minimum atomic E-state index is -0.204. The van der Waals surface area contributed by atoms with Gasteiger partial charge in [0.2, 0.25) is 0 Å². The largest absolute Gasteiger partial charge is 0.495 e. The van der Waals surface area contributed by atoms with Gasteiger partial charge in [0.05, 0.1) is 33.0 Å². The van der Waals surface area contributed by atoms with Crippen LogP contribution in [0, 0.1) is 0 Å². The zero-order valence-electron chi connectivity index (χ0n) is 11.0. The topological polar surface area (TPSA) is 53.7 Å². The molecule has 1 heterocycles. The molecule has 0 bridgehead atoms. The summed E-state index contributed by atoms with van der Waals surface area (Å²) in [5.74, 6) is 3.39. The highest BCUT2D eigenvalue weighted by Gasteiger charge is 2.27. The van der Waals surface area contributed by atoms with E-state index in [0.717, 1.165) is 33.9 Å². The molecule has 2 unspecified atom stereocenters. The fraction of sp³-hybridized carbons (Fsp3) is 0.538. The maximum atomic E-state index is 6.33. The molecule has 6 heteroatoms. The lowest BCUT2D eigenvalue weighted by atomic mass is 10.0. The molecule has 2 N–H and O–H groups in total. The first kappa shape index (κ1) is 15.0. The van der Waals surface area contributed by atoms with Gasteiger partial charge in [0.15, 0.2) is 0 Å². The molecule has 0 radical (unpaired) electrons. The van der Waals surface area contributed by atoms with Crippen molar-refractivity contribution in [1.82, 2.24) is 0 Å². The third kappa shape index (κ3) is 3.18. The van der Waals surface area contributed by atoms with Crippen LogP contribution in [-0.4, -0.2) is 38.4 Å². The molecular formula is C13H18BrNO3S. The Balaban J connectivity index is 2.30. The van der Waals surface area contributed by atoms with E-state index in [1.54, 1.807) is 14.2 Å². The van der Waals surface area contributed by atoms with Crippen LogP contribution in [0.3, 0.4) is 0 Å². The monoisotopic (exact) mass is 347 g/mol. The van der Waals surface area contributed by atoms with Crippen LogP contribution < -0.4 is 15.2 Å². The summed E-state index contributed by atoms with van der Waals surface area (Å²) < 4.78 is 17.3. The highest BCUT2D eigenvalue weighted by Crippen LogP contribution is 2.40. The van der Waals surface area contributed by atoms with Crippen LogP contribution in [0.15, 0.2) is 16.6 Å². The van der Waals surface area contributed by atoms with Gasteiger partial charge < -0.3 is 19.9 Å². The third-order valence-electron chi connectivity index (χ3n) is 3.12. The standard InChI is InChI=1S/C13H18BrNO3S/c1-16-9-4-3-8(13(17-2)11(9)14)12(15)10-7-19-6-5-18-10/h3-4,10,12H,5-7,15H2,1-2H3. The lowest BCUT2D eigenvalue weighted by Gasteiger charge is -2.29. The molecule has 1 aromatic rings. The van der Waals surface area contributed by atoms with Crippen LogP contribution in [0.4, 0.5) is 0 Å². The third-order valence-corrected chi connectivity index (χ3v) is 4.89. The van der Waals surface area contributed by atoms with Crippen LogP contribution in [-0.2, 0) is 4.74 Å². The molecule has 0 aliphatic carbocycles. The highest BCUT2D eigenvalue weighted by molar-refractivity contribution is 9.10. The lowest BCUT2D eigenvalue weighted by Crippen LogP contribution is -2.34. The Morgan fingerprint density at radius 1 is 1.42 bits per heavy atom. The predicted molar refractivity (Wildman–Crippen MR) is 81.2 cm³/mol. The SMILES string of the molecule is COc1ccc(C(N)C2CSCCO2)c(OC)c1Br. The molecule has 4 nitrogen and oxygen atoms in total. The molecule has 1 aromatic carbocycles.